The Kier molecular flexibility index (Phi) is 6.18. The summed E-state index contributed by atoms with van der Waals surface area (Å²) in [7, 11) is 0. The predicted octanol–water partition coefficient (Wildman–Crippen LogP) is 13.3. The van der Waals surface area contributed by atoms with E-state index in [9.17, 15) is 0 Å². The zero-order valence-corrected chi connectivity index (χ0v) is 29.7. The van der Waals surface area contributed by atoms with E-state index in [1.54, 1.807) is 0 Å². The van der Waals surface area contributed by atoms with Crippen LogP contribution >= 0.6 is 11.3 Å². The molecule has 0 fully saturated rings. The number of benzene rings is 9. The highest BCUT2D eigenvalue weighted by Gasteiger charge is 2.25. The Morgan fingerprint density at radius 1 is 0.389 bits per heavy atom. The first-order valence-corrected chi connectivity index (χ1v) is 19.0. The highest BCUT2D eigenvalue weighted by molar-refractivity contribution is 7.27. The third kappa shape index (κ3) is 4.27. The topological polar surface area (TPSA) is 43.6 Å². The van der Waals surface area contributed by atoms with Crippen LogP contribution in [0.15, 0.2) is 170 Å². The summed E-state index contributed by atoms with van der Waals surface area (Å²) < 4.78 is 4.84. The van der Waals surface area contributed by atoms with E-state index >= 15 is 0 Å². The standard InChI is InChI=1S/C49H28N4S/c1-3-14-32-27-34(23-21-29(32)11-1)47-50-48(35-24-22-30-12-2-4-15-33(30)28-35)52-49(51-47)53-40-19-9-7-17-37(40)42-39-26-25-31-13-5-6-16-36(31)43(39)46-44(45(42)53)38-18-8-10-20-41(38)54-46/h1-28H. The zero-order valence-electron chi connectivity index (χ0n) is 28.9. The molecule has 3 aromatic heterocycles. The lowest BCUT2D eigenvalue weighted by molar-refractivity contribution is 0.956. The summed E-state index contributed by atoms with van der Waals surface area (Å²) >= 11 is 1.87. The Balaban J connectivity index is 1.26. The molecule has 0 spiro atoms. The minimum atomic E-state index is 0.597. The Labute approximate surface area is 313 Å². The molecular weight excluding hydrogens is 677 g/mol. The normalized spacial score (nSPS) is 12.1. The molecular formula is C49H28N4S. The van der Waals surface area contributed by atoms with Crippen LogP contribution < -0.4 is 0 Å². The second-order valence-corrected chi connectivity index (χ2v) is 15.0. The zero-order chi connectivity index (χ0) is 35.3. The van der Waals surface area contributed by atoms with Gasteiger partial charge in [0.2, 0.25) is 5.95 Å². The Bertz CT molecular complexity index is 3420. The molecule has 5 heteroatoms. The van der Waals surface area contributed by atoms with Crippen LogP contribution in [-0.2, 0) is 0 Å². The van der Waals surface area contributed by atoms with E-state index in [-0.39, 0.29) is 0 Å². The number of thiophene rings is 1. The van der Waals surface area contributed by atoms with Crippen LogP contribution in [0.4, 0.5) is 0 Å². The van der Waals surface area contributed by atoms with Gasteiger partial charge in [0.05, 0.1) is 11.0 Å². The molecule has 0 saturated heterocycles. The second-order valence-electron chi connectivity index (χ2n) is 14.0. The summed E-state index contributed by atoms with van der Waals surface area (Å²) in [6.07, 6.45) is 0. The fourth-order valence-electron chi connectivity index (χ4n) is 8.52. The van der Waals surface area contributed by atoms with Gasteiger partial charge in [-0.2, -0.15) is 9.97 Å². The summed E-state index contributed by atoms with van der Waals surface area (Å²) in [5.41, 5.74) is 4.07. The van der Waals surface area contributed by atoms with Gasteiger partial charge in [0, 0.05) is 47.5 Å². The highest BCUT2D eigenvalue weighted by Crippen LogP contribution is 2.49. The van der Waals surface area contributed by atoms with Gasteiger partial charge in [0.25, 0.3) is 0 Å². The quantitative estimate of drug-likeness (QED) is 0.172. The van der Waals surface area contributed by atoms with Crippen molar-refractivity contribution in [2.45, 2.75) is 0 Å². The molecule has 0 aliphatic heterocycles. The van der Waals surface area contributed by atoms with E-state index in [0.29, 0.717) is 17.6 Å². The molecule has 0 amide bonds. The van der Waals surface area contributed by atoms with Gasteiger partial charge < -0.3 is 0 Å². The van der Waals surface area contributed by atoms with Gasteiger partial charge in [0.1, 0.15) is 0 Å². The molecule has 0 aliphatic rings. The van der Waals surface area contributed by atoms with Crippen LogP contribution in [0.2, 0.25) is 0 Å². The number of nitrogens with zero attached hydrogens (tertiary/aromatic N) is 4. The van der Waals surface area contributed by atoms with Crippen molar-refractivity contribution in [3.63, 3.8) is 0 Å². The van der Waals surface area contributed by atoms with E-state index < -0.39 is 0 Å². The van der Waals surface area contributed by atoms with Crippen molar-refractivity contribution in [3.8, 4) is 28.7 Å². The van der Waals surface area contributed by atoms with Gasteiger partial charge in [-0.3, -0.25) is 4.57 Å². The number of hydrogen-bond donors (Lipinski definition) is 0. The number of aromatic nitrogens is 4. The number of fused-ring (bicyclic) bond motifs is 14. The minimum absolute atomic E-state index is 0.597. The second kappa shape index (κ2) is 11.3. The van der Waals surface area contributed by atoms with Crippen molar-refractivity contribution in [1.29, 1.82) is 0 Å². The lowest BCUT2D eigenvalue weighted by Gasteiger charge is -2.13. The van der Waals surface area contributed by atoms with Crippen molar-refractivity contribution in [2.24, 2.45) is 0 Å². The molecule has 0 unspecified atom stereocenters. The fourth-order valence-corrected chi connectivity index (χ4v) is 9.80. The molecule has 0 aliphatic carbocycles. The Morgan fingerprint density at radius 3 is 1.65 bits per heavy atom. The van der Waals surface area contributed by atoms with Crippen LogP contribution in [0.5, 0.6) is 0 Å². The molecule has 54 heavy (non-hydrogen) atoms. The first-order valence-electron chi connectivity index (χ1n) is 18.2. The van der Waals surface area contributed by atoms with Gasteiger partial charge in [-0.05, 0) is 62.0 Å². The average molecular weight is 705 g/mol. The molecule has 0 N–H and O–H groups in total. The fraction of sp³-hybridized carbons (Fsp3) is 0. The van der Waals surface area contributed by atoms with Crippen LogP contribution in [0, 0.1) is 0 Å². The van der Waals surface area contributed by atoms with Gasteiger partial charge in [0.15, 0.2) is 11.6 Å². The molecule has 250 valence electrons. The van der Waals surface area contributed by atoms with Crippen molar-refractivity contribution in [3.05, 3.63) is 170 Å². The number of para-hydroxylation sites is 1. The maximum absolute atomic E-state index is 5.39. The largest absolute Gasteiger partial charge is 0.277 e. The number of rotatable bonds is 3. The van der Waals surface area contributed by atoms with Crippen molar-refractivity contribution >= 4 is 96.4 Å². The summed E-state index contributed by atoms with van der Waals surface area (Å²) in [6.45, 7) is 0. The van der Waals surface area contributed by atoms with E-state index in [2.05, 4.69) is 174 Å². The van der Waals surface area contributed by atoms with E-state index in [4.69, 9.17) is 15.0 Å². The van der Waals surface area contributed by atoms with Gasteiger partial charge in [-0.1, -0.05) is 146 Å². The van der Waals surface area contributed by atoms with Gasteiger partial charge >= 0.3 is 0 Å². The molecule has 0 bridgehead atoms. The monoisotopic (exact) mass is 704 g/mol. The van der Waals surface area contributed by atoms with E-state index in [0.717, 1.165) is 32.9 Å². The Hall–Kier alpha value is -6.95. The maximum atomic E-state index is 5.39. The van der Waals surface area contributed by atoms with Crippen molar-refractivity contribution in [1.82, 2.24) is 19.5 Å². The summed E-state index contributed by atoms with van der Waals surface area (Å²) in [6, 6.07) is 60.7. The molecule has 12 aromatic rings. The van der Waals surface area contributed by atoms with Crippen LogP contribution in [0.25, 0.3) is 114 Å². The van der Waals surface area contributed by atoms with E-state index in [1.165, 1.54) is 63.3 Å². The smallest absolute Gasteiger partial charge is 0.238 e. The van der Waals surface area contributed by atoms with E-state index in [1.807, 2.05) is 11.3 Å². The first-order chi connectivity index (χ1) is 26.8. The van der Waals surface area contributed by atoms with Crippen molar-refractivity contribution < 1.29 is 0 Å². The first kappa shape index (κ1) is 29.6. The van der Waals surface area contributed by atoms with Crippen LogP contribution in [0.1, 0.15) is 0 Å². The number of hydrogen-bond acceptors (Lipinski definition) is 4. The van der Waals surface area contributed by atoms with Crippen molar-refractivity contribution in [2.75, 3.05) is 0 Å². The third-order valence-corrected chi connectivity index (χ3v) is 12.2. The summed E-state index contributed by atoms with van der Waals surface area (Å²) in [5, 5.41) is 14.5. The van der Waals surface area contributed by atoms with Crippen LogP contribution in [0.3, 0.4) is 0 Å². The summed E-state index contributed by atoms with van der Waals surface area (Å²) in [4.78, 5) is 16.0. The lowest BCUT2D eigenvalue weighted by Crippen LogP contribution is -2.06. The highest BCUT2D eigenvalue weighted by atomic mass is 32.1. The van der Waals surface area contributed by atoms with Crippen LogP contribution in [-0.4, -0.2) is 19.5 Å². The van der Waals surface area contributed by atoms with Gasteiger partial charge in [-0.15, -0.1) is 11.3 Å². The molecule has 0 saturated carbocycles. The summed E-state index contributed by atoms with van der Waals surface area (Å²) in [5.74, 6) is 1.87. The molecule has 4 nitrogen and oxygen atoms in total. The lowest BCUT2D eigenvalue weighted by atomic mass is 9.95. The molecule has 9 aromatic carbocycles. The molecule has 0 atom stereocenters. The predicted molar refractivity (Wildman–Crippen MR) is 228 cm³/mol. The van der Waals surface area contributed by atoms with Gasteiger partial charge in [-0.25, -0.2) is 4.98 Å². The third-order valence-electron chi connectivity index (χ3n) is 11.0. The maximum Gasteiger partial charge on any atom is 0.238 e. The molecule has 0 radical (unpaired) electrons. The SMILES string of the molecule is c1ccc2cc(-c3nc(-c4ccc5ccccc5c4)nc(-n4c5ccccc5c5c6ccc7ccccc7c6c6sc7ccccc7c6c54)n3)ccc2c1. The minimum Gasteiger partial charge on any atom is -0.277 e. The molecule has 12 rings (SSSR count). The Morgan fingerprint density at radius 2 is 0.944 bits per heavy atom. The molecule has 3 heterocycles. The average Bonchev–Trinajstić information content (AvgIpc) is 3.79.